The van der Waals surface area contributed by atoms with Gasteiger partial charge in [0.05, 0.1) is 24.6 Å². The van der Waals surface area contributed by atoms with E-state index in [-0.39, 0.29) is 0 Å². The van der Waals surface area contributed by atoms with Crippen molar-refractivity contribution >= 4 is 52.6 Å². The molecular weight excluding hydrogens is 399 g/mol. The van der Waals surface area contributed by atoms with Gasteiger partial charge >= 0.3 is 0 Å². The lowest BCUT2D eigenvalue weighted by Gasteiger charge is -2.27. The molecule has 0 aromatic carbocycles. The van der Waals surface area contributed by atoms with Gasteiger partial charge in [-0.05, 0) is 89.6 Å². The van der Waals surface area contributed by atoms with Gasteiger partial charge in [-0.3, -0.25) is 0 Å². The lowest BCUT2D eigenvalue weighted by molar-refractivity contribution is 1.19. The van der Waals surface area contributed by atoms with Gasteiger partial charge in [0.25, 0.3) is 0 Å². The molecule has 0 spiro atoms. The molecule has 5 heteroatoms. The van der Waals surface area contributed by atoms with Gasteiger partial charge in [-0.25, -0.2) is 0 Å². The molecule has 0 unspecified atom stereocenters. The van der Waals surface area contributed by atoms with Crippen molar-refractivity contribution in [2.24, 2.45) is 0 Å². The number of hydrogen-bond donors (Lipinski definition) is 0. The van der Waals surface area contributed by atoms with E-state index in [1.54, 1.807) is 0 Å². The normalized spacial score (nSPS) is 11.8. The lowest BCUT2D eigenvalue weighted by Crippen LogP contribution is -2.06. The Balaban J connectivity index is 1.70. The molecule has 0 aliphatic heterocycles. The van der Waals surface area contributed by atoms with Crippen LogP contribution in [0.4, 0.5) is 0 Å². The Bertz CT molecular complexity index is 693. The molecule has 4 rings (SSSR count). The van der Waals surface area contributed by atoms with Crippen LogP contribution in [0.15, 0.2) is 67.3 Å². The molecule has 4 aromatic heterocycles. The Morgan fingerprint density at radius 3 is 0.960 bits per heavy atom. The van der Waals surface area contributed by atoms with Crippen LogP contribution in [-0.4, -0.2) is 0 Å². The van der Waals surface area contributed by atoms with Crippen LogP contribution in [0.3, 0.4) is 0 Å². The van der Waals surface area contributed by atoms with E-state index in [0.29, 0.717) is 0 Å². The van der Waals surface area contributed by atoms with Crippen LogP contribution >= 0.6 is 52.6 Å². The van der Waals surface area contributed by atoms with Crippen LogP contribution in [0.1, 0.15) is 22.3 Å². The zero-order valence-corrected chi connectivity index (χ0v) is 18.0. The highest BCUT2D eigenvalue weighted by atomic mass is 32.1. The smallest absolute Gasteiger partial charge is 0.0860 e. The quantitative estimate of drug-likeness (QED) is 0.253. The van der Waals surface area contributed by atoms with Crippen LogP contribution in [0, 0.1) is 0 Å². The van der Waals surface area contributed by atoms with Crippen LogP contribution in [0.5, 0.6) is 0 Å². The van der Waals surface area contributed by atoms with Gasteiger partial charge in [-0.1, -0.05) is 0 Å². The van der Waals surface area contributed by atoms with Gasteiger partial charge in [0.1, 0.15) is 0 Å². The maximum atomic E-state index is 2.35. The van der Waals surface area contributed by atoms with Crippen LogP contribution in [-0.2, 0) is 24.6 Å². The predicted octanol–water partition coefficient (Wildman–Crippen LogP) is 8.05. The molecule has 0 aliphatic rings. The van der Waals surface area contributed by atoms with Crippen molar-refractivity contribution in [3.8, 4) is 0 Å². The molecule has 0 fully saturated rings. The molecule has 0 bridgehead atoms. The minimum atomic E-state index is -1.22. The van der Waals surface area contributed by atoms with Crippen molar-refractivity contribution in [1.29, 1.82) is 0 Å². The fraction of sp³-hybridized carbons (Fsp3) is 0.200. The third-order valence-corrected chi connectivity index (χ3v) is 11.5. The van der Waals surface area contributed by atoms with E-state index in [2.05, 4.69) is 67.3 Å². The summed E-state index contributed by atoms with van der Waals surface area (Å²) in [7, 11) is -1.22. The molecule has 4 heterocycles. The highest BCUT2D eigenvalue weighted by molar-refractivity contribution is 7.73. The van der Waals surface area contributed by atoms with E-state index in [4.69, 9.17) is 0 Å². The van der Waals surface area contributed by atoms with Gasteiger partial charge in [0, 0.05) is 7.26 Å². The molecule has 25 heavy (non-hydrogen) atoms. The average molecular weight is 420 g/mol. The van der Waals surface area contributed by atoms with Gasteiger partial charge in [0.15, 0.2) is 0 Å². The minimum absolute atomic E-state index is 1.22. The van der Waals surface area contributed by atoms with Gasteiger partial charge in [-0.2, -0.15) is 45.3 Å². The van der Waals surface area contributed by atoms with E-state index in [1.807, 2.05) is 45.3 Å². The summed E-state index contributed by atoms with van der Waals surface area (Å²) in [6.45, 7) is 0. The first-order chi connectivity index (χ1) is 12.3. The standard InChI is InChI=1S/C20H20PS4/c1-5-22-13-17(1)9-21(10-18-2-6-23-14-18,11-19-3-7-24-15-19)12-20-4-8-25-16-20/h1-8,13-16H,9-12H2/q+1. The number of hydrogen-bond acceptors (Lipinski definition) is 4. The third kappa shape index (κ3) is 4.69. The highest BCUT2D eigenvalue weighted by Gasteiger charge is 2.39. The molecule has 0 nitrogen and oxygen atoms in total. The van der Waals surface area contributed by atoms with Crippen molar-refractivity contribution in [2.45, 2.75) is 24.6 Å². The largest absolute Gasteiger partial charge is 0.152 e. The maximum Gasteiger partial charge on any atom is 0.0860 e. The molecule has 0 atom stereocenters. The van der Waals surface area contributed by atoms with Crippen LogP contribution in [0.2, 0.25) is 0 Å². The molecule has 0 aliphatic carbocycles. The topological polar surface area (TPSA) is 0 Å². The van der Waals surface area contributed by atoms with Gasteiger partial charge < -0.3 is 0 Å². The Kier molecular flexibility index (Phi) is 5.84. The molecule has 0 amide bonds. The Morgan fingerprint density at radius 1 is 0.480 bits per heavy atom. The van der Waals surface area contributed by atoms with E-state index >= 15 is 0 Å². The number of thiophene rings is 4. The summed E-state index contributed by atoms with van der Waals surface area (Å²) in [4.78, 5) is 0. The van der Waals surface area contributed by atoms with Gasteiger partial charge in [0.2, 0.25) is 0 Å². The zero-order valence-electron chi connectivity index (χ0n) is 13.8. The Morgan fingerprint density at radius 2 is 0.760 bits per heavy atom. The summed E-state index contributed by atoms with van der Waals surface area (Å²) < 4.78 is 0. The Hall–Kier alpha value is -0.770. The van der Waals surface area contributed by atoms with E-state index in [9.17, 15) is 0 Å². The monoisotopic (exact) mass is 419 g/mol. The second-order valence-corrected chi connectivity index (χ2v) is 13.6. The Labute approximate surface area is 166 Å². The van der Waals surface area contributed by atoms with Crippen molar-refractivity contribution in [2.75, 3.05) is 0 Å². The van der Waals surface area contributed by atoms with Crippen molar-refractivity contribution in [1.82, 2.24) is 0 Å². The van der Waals surface area contributed by atoms with Crippen molar-refractivity contribution in [3.05, 3.63) is 89.6 Å². The fourth-order valence-electron chi connectivity index (χ4n) is 3.42. The predicted molar refractivity (Wildman–Crippen MR) is 119 cm³/mol. The molecular formula is C20H20PS4+. The van der Waals surface area contributed by atoms with E-state index in [0.717, 1.165) is 0 Å². The average Bonchev–Trinajstić information content (AvgIpc) is 3.37. The minimum Gasteiger partial charge on any atom is -0.152 e. The molecule has 128 valence electrons. The maximum absolute atomic E-state index is 2.35. The molecule has 0 radical (unpaired) electrons. The summed E-state index contributed by atoms with van der Waals surface area (Å²) in [6, 6.07) is 9.31. The highest BCUT2D eigenvalue weighted by Crippen LogP contribution is 2.69. The molecule has 0 N–H and O–H groups in total. The van der Waals surface area contributed by atoms with Gasteiger partial charge in [-0.15, -0.1) is 0 Å². The van der Waals surface area contributed by atoms with Crippen molar-refractivity contribution < 1.29 is 0 Å². The first kappa shape index (κ1) is 17.6. The molecule has 4 aromatic rings. The summed E-state index contributed by atoms with van der Waals surface area (Å²) in [5.41, 5.74) is 6.11. The van der Waals surface area contributed by atoms with E-state index in [1.165, 1.54) is 46.9 Å². The second kappa shape index (κ2) is 8.28. The van der Waals surface area contributed by atoms with Crippen LogP contribution < -0.4 is 0 Å². The second-order valence-electron chi connectivity index (χ2n) is 6.50. The lowest BCUT2D eigenvalue weighted by atomic mass is 10.4. The van der Waals surface area contributed by atoms with E-state index < -0.39 is 7.26 Å². The summed E-state index contributed by atoms with van der Waals surface area (Å²) in [6.07, 6.45) is 4.99. The number of rotatable bonds is 8. The summed E-state index contributed by atoms with van der Waals surface area (Å²) in [5, 5.41) is 18.3. The summed E-state index contributed by atoms with van der Waals surface area (Å²) in [5.74, 6) is 0. The fourth-order valence-corrected chi connectivity index (χ4v) is 11.1. The first-order valence-electron chi connectivity index (χ1n) is 8.21. The molecule has 0 saturated heterocycles. The zero-order chi connectivity index (χ0) is 17.0. The molecule has 0 saturated carbocycles. The van der Waals surface area contributed by atoms with Crippen molar-refractivity contribution in [3.63, 3.8) is 0 Å². The third-order valence-electron chi connectivity index (χ3n) is 4.39. The first-order valence-corrected chi connectivity index (χ1v) is 14.5. The summed E-state index contributed by atoms with van der Waals surface area (Å²) >= 11 is 7.31. The van der Waals surface area contributed by atoms with Crippen LogP contribution in [0.25, 0.3) is 0 Å². The SMILES string of the molecule is c1cc(C[P+](Cc2ccsc2)(Cc2ccsc2)Cc2ccsc2)cs1.